The van der Waals surface area contributed by atoms with Gasteiger partial charge in [-0.05, 0) is 18.9 Å². The SMILES string of the molecule is C[C@@H](Cc1ccccc1)n1ccnc1. The van der Waals surface area contributed by atoms with E-state index in [1.807, 2.05) is 24.8 Å². The van der Waals surface area contributed by atoms with Crippen LogP contribution in [0.15, 0.2) is 49.1 Å². The van der Waals surface area contributed by atoms with Crippen LogP contribution in [0.25, 0.3) is 0 Å². The first kappa shape index (κ1) is 9.00. The van der Waals surface area contributed by atoms with Crippen LogP contribution in [-0.2, 0) is 6.42 Å². The van der Waals surface area contributed by atoms with Gasteiger partial charge in [-0.15, -0.1) is 0 Å². The van der Waals surface area contributed by atoms with Gasteiger partial charge in [0.05, 0.1) is 6.33 Å². The van der Waals surface area contributed by atoms with Crippen molar-refractivity contribution in [3.63, 3.8) is 0 Å². The van der Waals surface area contributed by atoms with Gasteiger partial charge in [-0.25, -0.2) is 4.98 Å². The maximum Gasteiger partial charge on any atom is 0.0948 e. The molecule has 2 heteroatoms. The van der Waals surface area contributed by atoms with Crippen LogP contribution in [0, 0.1) is 0 Å². The summed E-state index contributed by atoms with van der Waals surface area (Å²) in [6.07, 6.45) is 6.75. The Hall–Kier alpha value is -1.57. The van der Waals surface area contributed by atoms with Crippen molar-refractivity contribution >= 4 is 0 Å². The summed E-state index contributed by atoms with van der Waals surface area (Å²) in [6, 6.07) is 11.0. The molecule has 2 nitrogen and oxygen atoms in total. The lowest BCUT2D eigenvalue weighted by Crippen LogP contribution is -2.05. The molecule has 0 saturated heterocycles. The Kier molecular flexibility index (Phi) is 2.63. The van der Waals surface area contributed by atoms with E-state index in [1.54, 1.807) is 0 Å². The van der Waals surface area contributed by atoms with Gasteiger partial charge in [0.2, 0.25) is 0 Å². The highest BCUT2D eigenvalue weighted by molar-refractivity contribution is 5.15. The molecule has 0 N–H and O–H groups in total. The zero-order valence-corrected chi connectivity index (χ0v) is 8.30. The quantitative estimate of drug-likeness (QED) is 0.720. The zero-order chi connectivity index (χ0) is 9.80. The molecule has 0 unspecified atom stereocenters. The molecule has 0 amide bonds. The monoisotopic (exact) mass is 186 g/mol. The lowest BCUT2D eigenvalue weighted by Gasteiger charge is -2.12. The molecule has 0 spiro atoms. The molecular formula is C12H14N2. The number of aromatic nitrogens is 2. The highest BCUT2D eigenvalue weighted by Gasteiger charge is 2.03. The van der Waals surface area contributed by atoms with Crippen molar-refractivity contribution in [3.8, 4) is 0 Å². The largest absolute Gasteiger partial charge is 0.334 e. The first-order valence-corrected chi connectivity index (χ1v) is 4.87. The molecule has 1 atom stereocenters. The number of hydrogen-bond acceptors (Lipinski definition) is 1. The summed E-state index contributed by atoms with van der Waals surface area (Å²) in [5, 5.41) is 0. The molecule has 0 bridgehead atoms. The van der Waals surface area contributed by atoms with Gasteiger partial charge < -0.3 is 4.57 Å². The molecule has 1 heterocycles. The van der Waals surface area contributed by atoms with Gasteiger partial charge in [0.15, 0.2) is 0 Å². The Balaban J connectivity index is 2.06. The maximum absolute atomic E-state index is 4.05. The van der Waals surface area contributed by atoms with E-state index in [-0.39, 0.29) is 0 Å². The van der Waals surface area contributed by atoms with Crippen LogP contribution < -0.4 is 0 Å². The molecule has 72 valence electrons. The second-order valence-electron chi connectivity index (χ2n) is 3.55. The van der Waals surface area contributed by atoms with Crippen LogP contribution >= 0.6 is 0 Å². The van der Waals surface area contributed by atoms with E-state index >= 15 is 0 Å². The predicted molar refractivity (Wildman–Crippen MR) is 57.1 cm³/mol. The van der Waals surface area contributed by atoms with Gasteiger partial charge in [0.25, 0.3) is 0 Å². The van der Waals surface area contributed by atoms with Crippen LogP contribution in [0.3, 0.4) is 0 Å². The van der Waals surface area contributed by atoms with Crippen molar-refractivity contribution in [1.82, 2.24) is 9.55 Å². The topological polar surface area (TPSA) is 17.8 Å². The highest BCUT2D eigenvalue weighted by Crippen LogP contribution is 2.12. The van der Waals surface area contributed by atoms with Crippen LogP contribution in [0.5, 0.6) is 0 Å². The van der Waals surface area contributed by atoms with E-state index in [0.717, 1.165) is 6.42 Å². The summed E-state index contributed by atoms with van der Waals surface area (Å²) in [7, 11) is 0. The van der Waals surface area contributed by atoms with Gasteiger partial charge in [-0.1, -0.05) is 30.3 Å². The second-order valence-corrected chi connectivity index (χ2v) is 3.55. The highest BCUT2D eigenvalue weighted by atomic mass is 15.0. The second kappa shape index (κ2) is 4.09. The standard InChI is InChI=1S/C12H14N2/c1-11(14-8-7-13-10-14)9-12-5-3-2-4-6-12/h2-8,10-11H,9H2,1H3/t11-/m0/s1. The van der Waals surface area contributed by atoms with Crippen LogP contribution in [0.2, 0.25) is 0 Å². The Morgan fingerprint density at radius 3 is 2.71 bits per heavy atom. The van der Waals surface area contributed by atoms with Crippen molar-refractivity contribution < 1.29 is 0 Å². The van der Waals surface area contributed by atoms with Crippen molar-refractivity contribution in [3.05, 3.63) is 54.6 Å². The smallest absolute Gasteiger partial charge is 0.0948 e. The molecule has 0 aliphatic carbocycles. The molecule has 1 aromatic carbocycles. The molecule has 2 aromatic rings. The fourth-order valence-corrected chi connectivity index (χ4v) is 1.59. The van der Waals surface area contributed by atoms with E-state index in [1.165, 1.54) is 5.56 Å². The Labute approximate surface area is 84.2 Å². The normalized spacial score (nSPS) is 12.6. The first-order chi connectivity index (χ1) is 6.86. The van der Waals surface area contributed by atoms with Crippen molar-refractivity contribution in [2.24, 2.45) is 0 Å². The lowest BCUT2D eigenvalue weighted by atomic mass is 10.1. The van der Waals surface area contributed by atoms with Crippen LogP contribution in [-0.4, -0.2) is 9.55 Å². The van der Waals surface area contributed by atoms with Crippen molar-refractivity contribution in [2.45, 2.75) is 19.4 Å². The van der Waals surface area contributed by atoms with Gasteiger partial charge in [0, 0.05) is 18.4 Å². The maximum atomic E-state index is 4.05. The fourth-order valence-electron chi connectivity index (χ4n) is 1.59. The summed E-state index contributed by atoms with van der Waals surface area (Å²) in [5.74, 6) is 0. The third-order valence-corrected chi connectivity index (χ3v) is 2.41. The zero-order valence-electron chi connectivity index (χ0n) is 8.30. The lowest BCUT2D eigenvalue weighted by molar-refractivity contribution is 0.544. The summed E-state index contributed by atoms with van der Waals surface area (Å²) in [5.41, 5.74) is 1.37. The van der Waals surface area contributed by atoms with Gasteiger partial charge in [-0.2, -0.15) is 0 Å². The molecular weight excluding hydrogens is 172 g/mol. The third kappa shape index (κ3) is 2.02. The fraction of sp³-hybridized carbons (Fsp3) is 0.250. The molecule has 1 aromatic heterocycles. The minimum Gasteiger partial charge on any atom is -0.334 e. The van der Waals surface area contributed by atoms with Gasteiger partial charge >= 0.3 is 0 Å². The summed E-state index contributed by atoms with van der Waals surface area (Å²) < 4.78 is 2.13. The molecule has 0 aliphatic rings. The van der Waals surface area contributed by atoms with E-state index in [0.29, 0.717) is 6.04 Å². The first-order valence-electron chi connectivity index (χ1n) is 4.87. The van der Waals surface area contributed by atoms with Crippen molar-refractivity contribution in [2.75, 3.05) is 0 Å². The van der Waals surface area contributed by atoms with Gasteiger partial charge in [0.1, 0.15) is 0 Å². The average Bonchev–Trinajstić information content (AvgIpc) is 2.72. The van der Waals surface area contributed by atoms with E-state index < -0.39 is 0 Å². The summed E-state index contributed by atoms with van der Waals surface area (Å²) in [6.45, 7) is 2.20. The molecule has 2 rings (SSSR count). The molecule has 0 saturated carbocycles. The molecule has 0 aliphatic heterocycles. The molecule has 0 radical (unpaired) electrons. The average molecular weight is 186 g/mol. The van der Waals surface area contributed by atoms with E-state index in [4.69, 9.17) is 0 Å². The van der Waals surface area contributed by atoms with Crippen LogP contribution in [0.4, 0.5) is 0 Å². The summed E-state index contributed by atoms with van der Waals surface area (Å²) in [4.78, 5) is 4.05. The van der Waals surface area contributed by atoms with E-state index in [9.17, 15) is 0 Å². The Morgan fingerprint density at radius 1 is 1.29 bits per heavy atom. The summed E-state index contributed by atoms with van der Waals surface area (Å²) >= 11 is 0. The van der Waals surface area contributed by atoms with Crippen molar-refractivity contribution in [1.29, 1.82) is 0 Å². The van der Waals surface area contributed by atoms with Gasteiger partial charge in [-0.3, -0.25) is 0 Å². The number of nitrogens with zero attached hydrogens (tertiary/aromatic N) is 2. The third-order valence-electron chi connectivity index (χ3n) is 2.41. The number of rotatable bonds is 3. The number of benzene rings is 1. The molecule has 0 fully saturated rings. The Morgan fingerprint density at radius 2 is 2.07 bits per heavy atom. The van der Waals surface area contributed by atoms with Crippen LogP contribution in [0.1, 0.15) is 18.5 Å². The minimum absolute atomic E-state index is 0.472. The Bertz CT molecular complexity index is 364. The molecule has 14 heavy (non-hydrogen) atoms. The number of imidazole rings is 1. The minimum atomic E-state index is 0.472. The van der Waals surface area contributed by atoms with E-state index in [2.05, 4.69) is 40.7 Å². The predicted octanol–water partition coefficient (Wildman–Crippen LogP) is 2.69. The number of hydrogen-bond donors (Lipinski definition) is 0.